The van der Waals surface area contributed by atoms with Crippen LogP contribution in [-0.2, 0) is 16.0 Å². The number of amides is 1. The Labute approximate surface area is 151 Å². The SMILES string of the molecule is C[C@@H]1CCCN1C(=O)[C@H](CCCN)N[C@H](C=O)CCc1ccccc1. The monoisotopic (exact) mass is 345 g/mol. The smallest absolute Gasteiger partial charge is 0.239 e. The summed E-state index contributed by atoms with van der Waals surface area (Å²) in [5.41, 5.74) is 6.84. The van der Waals surface area contributed by atoms with Gasteiger partial charge in [-0.15, -0.1) is 0 Å². The summed E-state index contributed by atoms with van der Waals surface area (Å²) in [5.74, 6) is 0.116. The molecule has 1 heterocycles. The highest BCUT2D eigenvalue weighted by Crippen LogP contribution is 2.19. The maximum Gasteiger partial charge on any atom is 0.239 e. The van der Waals surface area contributed by atoms with E-state index < -0.39 is 0 Å². The first kappa shape index (κ1) is 19.6. The predicted molar refractivity (Wildman–Crippen MR) is 100 cm³/mol. The lowest BCUT2D eigenvalue weighted by Gasteiger charge is -2.29. The molecule has 1 saturated heterocycles. The van der Waals surface area contributed by atoms with E-state index in [-0.39, 0.29) is 24.0 Å². The number of nitrogens with two attached hydrogens (primary N) is 1. The molecule has 1 aliphatic heterocycles. The first-order valence-electron chi connectivity index (χ1n) is 9.41. The molecule has 5 heteroatoms. The Morgan fingerprint density at radius 3 is 2.72 bits per heavy atom. The molecule has 0 unspecified atom stereocenters. The lowest BCUT2D eigenvalue weighted by Crippen LogP contribution is -2.51. The summed E-state index contributed by atoms with van der Waals surface area (Å²) < 4.78 is 0. The number of carbonyl (C=O) groups excluding carboxylic acids is 2. The largest absolute Gasteiger partial charge is 0.339 e. The molecule has 1 fully saturated rings. The van der Waals surface area contributed by atoms with Gasteiger partial charge in [-0.2, -0.15) is 0 Å². The highest BCUT2D eigenvalue weighted by atomic mass is 16.2. The summed E-state index contributed by atoms with van der Waals surface area (Å²) >= 11 is 0. The number of nitrogens with zero attached hydrogens (tertiary/aromatic N) is 1. The van der Waals surface area contributed by atoms with Crippen molar-refractivity contribution < 1.29 is 9.59 Å². The van der Waals surface area contributed by atoms with E-state index in [0.29, 0.717) is 19.4 Å². The van der Waals surface area contributed by atoms with Crippen LogP contribution in [0.4, 0.5) is 0 Å². The first-order chi connectivity index (χ1) is 12.2. The number of aldehydes is 1. The zero-order valence-corrected chi connectivity index (χ0v) is 15.2. The molecule has 1 aromatic carbocycles. The van der Waals surface area contributed by atoms with Crippen molar-refractivity contribution in [2.24, 2.45) is 5.73 Å². The third kappa shape index (κ3) is 5.94. The van der Waals surface area contributed by atoms with Crippen LogP contribution in [0.5, 0.6) is 0 Å². The Morgan fingerprint density at radius 2 is 2.12 bits per heavy atom. The van der Waals surface area contributed by atoms with Gasteiger partial charge in [0.05, 0.1) is 12.1 Å². The Balaban J connectivity index is 1.95. The van der Waals surface area contributed by atoms with Crippen molar-refractivity contribution in [2.45, 2.75) is 63.6 Å². The van der Waals surface area contributed by atoms with Crippen LogP contribution in [0.2, 0.25) is 0 Å². The Hall–Kier alpha value is -1.72. The first-order valence-corrected chi connectivity index (χ1v) is 9.41. The van der Waals surface area contributed by atoms with E-state index in [4.69, 9.17) is 5.73 Å². The second-order valence-corrected chi connectivity index (χ2v) is 6.94. The summed E-state index contributed by atoms with van der Waals surface area (Å²) in [6, 6.07) is 9.75. The molecular weight excluding hydrogens is 314 g/mol. The fourth-order valence-corrected chi connectivity index (χ4v) is 3.48. The summed E-state index contributed by atoms with van der Waals surface area (Å²) in [6.07, 6.45) is 6.00. The molecule has 1 amide bonds. The normalized spacial score (nSPS) is 19.6. The molecule has 2 rings (SSSR count). The van der Waals surface area contributed by atoms with Crippen LogP contribution in [0, 0.1) is 0 Å². The molecular formula is C20H31N3O2. The minimum Gasteiger partial charge on any atom is -0.339 e. The maximum absolute atomic E-state index is 12.9. The van der Waals surface area contributed by atoms with Gasteiger partial charge in [-0.25, -0.2) is 0 Å². The van der Waals surface area contributed by atoms with Crippen molar-refractivity contribution in [1.29, 1.82) is 0 Å². The van der Waals surface area contributed by atoms with Crippen molar-refractivity contribution in [2.75, 3.05) is 13.1 Å². The van der Waals surface area contributed by atoms with Crippen LogP contribution in [0.25, 0.3) is 0 Å². The number of rotatable bonds is 10. The predicted octanol–water partition coefficient (Wildman–Crippen LogP) is 1.89. The minimum absolute atomic E-state index is 0.116. The highest BCUT2D eigenvalue weighted by Gasteiger charge is 2.31. The van der Waals surface area contributed by atoms with Crippen molar-refractivity contribution in [1.82, 2.24) is 10.2 Å². The molecule has 0 aromatic heterocycles. The average Bonchev–Trinajstić information content (AvgIpc) is 3.07. The van der Waals surface area contributed by atoms with Gasteiger partial charge in [0.15, 0.2) is 0 Å². The molecule has 5 nitrogen and oxygen atoms in total. The molecule has 1 aromatic rings. The molecule has 25 heavy (non-hydrogen) atoms. The van der Waals surface area contributed by atoms with Gasteiger partial charge in [-0.3, -0.25) is 10.1 Å². The van der Waals surface area contributed by atoms with Crippen LogP contribution >= 0.6 is 0 Å². The lowest BCUT2D eigenvalue weighted by molar-refractivity contribution is -0.134. The van der Waals surface area contributed by atoms with E-state index >= 15 is 0 Å². The van der Waals surface area contributed by atoms with E-state index in [9.17, 15) is 9.59 Å². The summed E-state index contributed by atoms with van der Waals surface area (Å²) in [4.78, 5) is 26.4. The van der Waals surface area contributed by atoms with Gasteiger partial charge >= 0.3 is 0 Å². The quantitative estimate of drug-likeness (QED) is 0.635. The van der Waals surface area contributed by atoms with Crippen molar-refractivity contribution in [3.8, 4) is 0 Å². The maximum atomic E-state index is 12.9. The van der Waals surface area contributed by atoms with Crippen LogP contribution in [0.1, 0.15) is 44.6 Å². The van der Waals surface area contributed by atoms with Gasteiger partial charge in [-0.05, 0) is 57.6 Å². The van der Waals surface area contributed by atoms with Gasteiger partial charge in [0.1, 0.15) is 6.29 Å². The van der Waals surface area contributed by atoms with Crippen molar-refractivity contribution in [3.63, 3.8) is 0 Å². The van der Waals surface area contributed by atoms with E-state index in [0.717, 1.165) is 38.5 Å². The summed E-state index contributed by atoms with van der Waals surface area (Å²) in [5, 5.41) is 3.29. The Kier molecular flexibility index (Phi) is 8.09. The average molecular weight is 345 g/mol. The van der Waals surface area contributed by atoms with E-state index in [2.05, 4.69) is 24.4 Å². The molecule has 138 valence electrons. The number of carbonyl (C=O) groups is 2. The molecule has 0 aliphatic carbocycles. The Morgan fingerprint density at radius 1 is 1.36 bits per heavy atom. The van der Waals surface area contributed by atoms with E-state index in [1.807, 2.05) is 23.1 Å². The third-order valence-corrected chi connectivity index (χ3v) is 5.00. The molecule has 1 aliphatic rings. The second-order valence-electron chi connectivity index (χ2n) is 6.94. The summed E-state index contributed by atoms with van der Waals surface area (Å²) in [6.45, 7) is 3.46. The number of aryl methyl sites for hydroxylation is 1. The van der Waals surface area contributed by atoms with Gasteiger partial charge in [0.25, 0.3) is 0 Å². The molecule has 0 bridgehead atoms. The highest BCUT2D eigenvalue weighted by molar-refractivity contribution is 5.83. The van der Waals surface area contributed by atoms with Crippen LogP contribution in [-0.4, -0.2) is 48.3 Å². The Bertz CT molecular complexity index is 535. The van der Waals surface area contributed by atoms with Gasteiger partial charge < -0.3 is 15.4 Å². The fraction of sp³-hybridized carbons (Fsp3) is 0.600. The zero-order valence-electron chi connectivity index (χ0n) is 15.2. The second kappa shape index (κ2) is 10.3. The van der Waals surface area contributed by atoms with E-state index in [1.54, 1.807) is 0 Å². The zero-order chi connectivity index (χ0) is 18.1. The molecule has 0 radical (unpaired) electrons. The van der Waals surface area contributed by atoms with Crippen LogP contribution in [0.3, 0.4) is 0 Å². The van der Waals surface area contributed by atoms with Crippen molar-refractivity contribution in [3.05, 3.63) is 35.9 Å². The number of hydrogen-bond acceptors (Lipinski definition) is 4. The number of likely N-dealkylation sites (tertiary alicyclic amines) is 1. The number of nitrogens with one attached hydrogen (secondary N) is 1. The molecule has 3 atom stereocenters. The molecule has 0 spiro atoms. The topological polar surface area (TPSA) is 75.4 Å². The standard InChI is InChI=1S/C20H31N3O2/c1-16-7-6-14-23(16)20(25)19(10-5-13-21)22-18(15-24)12-11-17-8-3-2-4-9-17/h2-4,8-9,15-16,18-19,22H,5-7,10-14,21H2,1H3/t16-,18+,19+/m1/s1. The van der Waals surface area contributed by atoms with Gasteiger partial charge in [-0.1, -0.05) is 30.3 Å². The molecule has 0 saturated carbocycles. The van der Waals surface area contributed by atoms with Crippen LogP contribution < -0.4 is 11.1 Å². The summed E-state index contributed by atoms with van der Waals surface area (Å²) in [7, 11) is 0. The number of hydrogen-bond donors (Lipinski definition) is 2. The number of benzene rings is 1. The third-order valence-electron chi connectivity index (χ3n) is 5.00. The molecule has 3 N–H and O–H groups in total. The van der Waals surface area contributed by atoms with Gasteiger partial charge in [0.2, 0.25) is 5.91 Å². The van der Waals surface area contributed by atoms with Crippen molar-refractivity contribution >= 4 is 12.2 Å². The minimum atomic E-state index is -0.324. The van der Waals surface area contributed by atoms with Crippen LogP contribution in [0.15, 0.2) is 30.3 Å². The fourth-order valence-electron chi connectivity index (χ4n) is 3.48. The van der Waals surface area contributed by atoms with E-state index in [1.165, 1.54) is 5.56 Å². The van der Waals surface area contributed by atoms with Gasteiger partial charge in [0, 0.05) is 12.6 Å². The lowest BCUT2D eigenvalue weighted by atomic mass is 10.0.